The van der Waals surface area contributed by atoms with Crippen LogP contribution in [-0.4, -0.2) is 56.3 Å². The van der Waals surface area contributed by atoms with Crippen LogP contribution in [0.4, 0.5) is 32.2 Å². The number of hydrogen-bond acceptors (Lipinski definition) is 7. The number of anilines is 1. The lowest BCUT2D eigenvalue weighted by Crippen LogP contribution is -2.21. The van der Waals surface area contributed by atoms with Crippen LogP contribution in [0.25, 0.3) is 22.4 Å². The molecule has 232 valence electrons. The molecule has 1 aliphatic rings. The lowest BCUT2D eigenvalue weighted by atomic mass is 9.85. The van der Waals surface area contributed by atoms with Gasteiger partial charge in [-0.1, -0.05) is 44.4 Å². The maximum Gasteiger partial charge on any atom is 0.490 e. The molecule has 2 heterocycles. The van der Waals surface area contributed by atoms with Crippen molar-refractivity contribution in [1.82, 2.24) is 15.2 Å². The first-order valence-electron chi connectivity index (χ1n) is 12.7. The number of aromatic amines is 1. The number of halogens is 6. The number of nitriles is 1. The van der Waals surface area contributed by atoms with Gasteiger partial charge in [0.2, 0.25) is 0 Å². The Bertz CT molecular complexity index is 1440. The van der Waals surface area contributed by atoms with Gasteiger partial charge in [-0.2, -0.15) is 36.7 Å². The average Bonchev–Trinajstić information content (AvgIpc) is 3.42. The van der Waals surface area contributed by atoms with Crippen molar-refractivity contribution in [2.45, 2.75) is 57.8 Å². The first-order valence-corrected chi connectivity index (χ1v) is 12.7. The Balaban J connectivity index is 0.000000384. The highest BCUT2D eigenvalue weighted by Crippen LogP contribution is 2.43. The van der Waals surface area contributed by atoms with Gasteiger partial charge in [0.25, 0.3) is 0 Å². The van der Waals surface area contributed by atoms with Gasteiger partial charge in [-0.3, -0.25) is 5.10 Å². The number of rotatable bonds is 7. The second-order valence-electron chi connectivity index (χ2n) is 8.96. The molecule has 0 saturated carbocycles. The smallest absolute Gasteiger partial charge is 0.490 e. The second kappa shape index (κ2) is 14.9. The van der Waals surface area contributed by atoms with Gasteiger partial charge in [0, 0.05) is 22.4 Å². The van der Waals surface area contributed by atoms with Crippen molar-refractivity contribution >= 4 is 17.8 Å². The van der Waals surface area contributed by atoms with E-state index in [0.29, 0.717) is 12.2 Å². The highest BCUT2D eigenvalue weighted by atomic mass is 19.4. The minimum Gasteiger partial charge on any atom is -0.493 e. The number of benzene rings is 1. The topological polar surface area (TPSA) is 175 Å². The van der Waals surface area contributed by atoms with Crippen LogP contribution in [0.3, 0.4) is 0 Å². The number of ether oxygens (including phenoxy) is 1. The summed E-state index contributed by atoms with van der Waals surface area (Å²) in [6.45, 7) is 2.86. The van der Waals surface area contributed by atoms with Crippen LogP contribution in [0.15, 0.2) is 30.5 Å². The van der Waals surface area contributed by atoms with Crippen molar-refractivity contribution in [3.8, 4) is 34.2 Å². The highest BCUT2D eigenvalue weighted by molar-refractivity contribution is 5.88. The number of H-pyrrole nitrogens is 1. The first kappa shape index (κ1) is 34.4. The fourth-order valence-corrected chi connectivity index (χ4v) is 3.99. The number of nitrogens with two attached hydrogens (primary N) is 1. The van der Waals surface area contributed by atoms with Crippen LogP contribution in [0, 0.1) is 11.3 Å². The number of aryl methyl sites for hydroxylation is 1. The Morgan fingerprint density at radius 2 is 1.63 bits per heavy atom. The number of hydrogen-bond donors (Lipinski definition) is 4. The third-order valence-electron chi connectivity index (χ3n) is 5.93. The van der Waals surface area contributed by atoms with Gasteiger partial charge in [0.1, 0.15) is 23.2 Å². The molecule has 0 fully saturated rings. The van der Waals surface area contributed by atoms with Gasteiger partial charge in [-0.15, -0.1) is 0 Å². The molecule has 0 radical (unpaired) electrons. The number of aromatic nitrogens is 3. The van der Waals surface area contributed by atoms with Crippen molar-refractivity contribution in [3.05, 3.63) is 47.3 Å². The summed E-state index contributed by atoms with van der Waals surface area (Å²) < 4.78 is 69.6. The van der Waals surface area contributed by atoms with Gasteiger partial charge in [-0.25, -0.2) is 14.6 Å². The quantitative estimate of drug-likeness (QED) is 0.186. The van der Waals surface area contributed by atoms with E-state index in [-0.39, 0.29) is 5.82 Å². The molecule has 0 atom stereocenters. The van der Waals surface area contributed by atoms with Crippen molar-refractivity contribution in [1.29, 1.82) is 5.26 Å². The summed E-state index contributed by atoms with van der Waals surface area (Å²) in [5.74, 6) is -4.49. The monoisotopic (exact) mass is 615 g/mol. The lowest BCUT2D eigenvalue weighted by Gasteiger charge is -2.22. The standard InChI is InChI=1S/C23H25N5O.2C2HF3O2/c1-2-3-4-7-12-29-20-9-6-5-8-15(20)21-16-10-11-19-18(14-26-28-19)22(16)27-23(25)17(21)13-24;2*3-2(4,5)1(6)7/h5-6,8-9,14H,2-4,7,10-12H2,1H3,(H2,25,27)(H,26,28);2*(H,6,7). The number of unbranched alkanes of at least 4 members (excludes halogenated alkanes) is 3. The minimum atomic E-state index is -5.08. The van der Waals surface area contributed by atoms with E-state index in [1.165, 1.54) is 12.8 Å². The maximum atomic E-state index is 10.6. The molecule has 0 saturated heterocycles. The highest BCUT2D eigenvalue weighted by Gasteiger charge is 2.39. The third kappa shape index (κ3) is 9.35. The molecule has 0 aliphatic heterocycles. The molecule has 43 heavy (non-hydrogen) atoms. The number of alkyl halides is 6. The molecule has 1 aromatic carbocycles. The number of fused-ring (bicyclic) bond motifs is 3. The van der Waals surface area contributed by atoms with Gasteiger partial charge in [0.15, 0.2) is 0 Å². The van der Waals surface area contributed by atoms with Crippen molar-refractivity contribution < 1.29 is 50.9 Å². The summed E-state index contributed by atoms with van der Waals surface area (Å²) >= 11 is 0. The summed E-state index contributed by atoms with van der Waals surface area (Å²) in [6.07, 6.45) is -2.21. The van der Waals surface area contributed by atoms with E-state index < -0.39 is 24.3 Å². The molecule has 16 heteroatoms. The number of nitrogens with zero attached hydrogens (tertiary/aromatic N) is 3. The molecular weight excluding hydrogens is 588 g/mol. The fourth-order valence-electron chi connectivity index (χ4n) is 3.99. The summed E-state index contributed by atoms with van der Waals surface area (Å²) in [6, 6.07) is 10.2. The van der Waals surface area contributed by atoms with Gasteiger partial charge in [0.05, 0.1) is 18.5 Å². The largest absolute Gasteiger partial charge is 0.493 e. The van der Waals surface area contributed by atoms with Crippen LogP contribution in [-0.2, 0) is 22.4 Å². The minimum absolute atomic E-state index is 0.244. The van der Waals surface area contributed by atoms with E-state index in [1.807, 2.05) is 24.3 Å². The van der Waals surface area contributed by atoms with Crippen LogP contribution in [0.5, 0.6) is 5.75 Å². The molecule has 0 bridgehead atoms. The van der Waals surface area contributed by atoms with Gasteiger partial charge in [-0.05, 0) is 30.9 Å². The van der Waals surface area contributed by atoms with Gasteiger partial charge < -0.3 is 20.7 Å². The molecule has 1 aliphatic carbocycles. The summed E-state index contributed by atoms with van der Waals surface area (Å²) in [4.78, 5) is 22.4. The molecule has 3 aromatic rings. The Hall–Kier alpha value is -4.81. The van der Waals surface area contributed by atoms with E-state index in [1.54, 1.807) is 6.20 Å². The zero-order valence-electron chi connectivity index (χ0n) is 22.6. The molecule has 0 unspecified atom stereocenters. The maximum absolute atomic E-state index is 10.6. The predicted molar refractivity (Wildman–Crippen MR) is 141 cm³/mol. The van der Waals surface area contributed by atoms with Crippen LogP contribution >= 0.6 is 0 Å². The van der Waals surface area contributed by atoms with Crippen molar-refractivity contribution in [2.75, 3.05) is 12.3 Å². The first-order chi connectivity index (χ1) is 20.1. The lowest BCUT2D eigenvalue weighted by molar-refractivity contribution is -0.193. The Morgan fingerprint density at radius 3 is 2.19 bits per heavy atom. The number of aliphatic carboxylic acids is 2. The average molecular weight is 616 g/mol. The summed E-state index contributed by atoms with van der Waals surface area (Å²) in [5, 5.41) is 31.3. The number of nitrogens with one attached hydrogen (secondary N) is 1. The van der Waals surface area contributed by atoms with Crippen molar-refractivity contribution in [3.63, 3.8) is 0 Å². The molecule has 0 amide bonds. The Morgan fingerprint density at radius 1 is 1.02 bits per heavy atom. The second-order valence-corrected chi connectivity index (χ2v) is 8.96. The van der Waals surface area contributed by atoms with E-state index in [2.05, 4.69) is 28.2 Å². The molecule has 4 rings (SSSR count). The third-order valence-corrected chi connectivity index (χ3v) is 5.93. The number of carboxylic acids is 2. The number of carboxylic acid groups (broad SMARTS) is 2. The van der Waals surface area contributed by atoms with Gasteiger partial charge >= 0.3 is 24.3 Å². The SMILES string of the molecule is CCCCCCOc1ccccc1-c1c(C#N)c(N)nc2c1CCc1[nH]ncc1-2.O=C(O)C(F)(F)F.O=C(O)C(F)(F)F. The van der Waals surface area contributed by atoms with E-state index in [4.69, 9.17) is 30.3 Å². The van der Waals surface area contributed by atoms with Crippen LogP contribution < -0.4 is 10.5 Å². The Kier molecular flexibility index (Phi) is 11.9. The molecule has 5 N–H and O–H groups in total. The van der Waals surface area contributed by atoms with Crippen LogP contribution in [0.2, 0.25) is 0 Å². The summed E-state index contributed by atoms with van der Waals surface area (Å²) in [5.41, 5.74) is 12.2. The van der Waals surface area contributed by atoms with E-state index >= 15 is 0 Å². The Labute approximate surface area is 241 Å². The number of para-hydroxylation sites is 1. The van der Waals surface area contributed by atoms with Crippen molar-refractivity contribution in [2.24, 2.45) is 0 Å². The zero-order valence-corrected chi connectivity index (χ0v) is 22.6. The molecule has 0 spiro atoms. The number of carbonyl (C=O) groups is 2. The molecule has 10 nitrogen and oxygen atoms in total. The molecular formula is C27H27F6N5O5. The number of nitrogen functional groups attached to an aromatic ring is 1. The predicted octanol–water partition coefficient (Wildman–Crippen LogP) is 5.92. The van der Waals surface area contributed by atoms with E-state index in [9.17, 15) is 31.6 Å². The summed E-state index contributed by atoms with van der Waals surface area (Å²) in [7, 11) is 0. The fraction of sp³-hybridized carbons (Fsp3) is 0.370. The van der Waals surface area contributed by atoms with Crippen LogP contribution in [0.1, 0.15) is 49.4 Å². The molecule has 2 aromatic heterocycles. The number of pyridine rings is 1. The normalized spacial score (nSPS) is 11.9. The zero-order chi connectivity index (χ0) is 32.4. The van der Waals surface area contributed by atoms with E-state index in [0.717, 1.165) is 65.1 Å².